The molecule has 152 valence electrons. The van der Waals surface area contributed by atoms with Crippen molar-refractivity contribution in [2.24, 2.45) is 5.92 Å². The van der Waals surface area contributed by atoms with E-state index in [1.165, 1.54) is 0 Å². The minimum atomic E-state index is -1.18. The van der Waals surface area contributed by atoms with Gasteiger partial charge in [0, 0.05) is 0 Å². The number of imide groups is 1. The highest BCUT2D eigenvalue weighted by Crippen LogP contribution is 2.31. The van der Waals surface area contributed by atoms with Crippen molar-refractivity contribution < 1.29 is 14.4 Å². The summed E-state index contributed by atoms with van der Waals surface area (Å²) in [4.78, 5) is 39.3. The fourth-order valence-corrected chi connectivity index (χ4v) is 3.81. The van der Waals surface area contributed by atoms with Crippen molar-refractivity contribution in [3.63, 3.8) is 0 Å². The standard InChI is InChI=1S/C23H27N3O3/c1-15(2)20(17-11-6-5-7-12-17)24-19(27)14-26-21(28)23(4,25-22(26)29)18-13-9-8-10-16(18)3/h5-13,15,20H,14H2,1-4H3,(H,24,27)(H,25,29). The molecule has 6 nitrogen and oxygen atoms in total. The summed E-state index contributed by atoms with van der Waals surface area (Å²) in [6, 6.07) is 16.3. The van der Waals surface area contributed by atoms with Gasteiger partial charge in [-0.15, -0.1) is 0 Å². The molecule has 0 saturated carbocycles. The lowest BCUT2D eigenvalue weighted by atomic mass is 9.88. The lowest BCUT2D eigenvalue weighted by molar-refractivity contribution is -0.135. The SMILES string of the molecule is Cc1ccccc1C1(C)NC(=O)N(CC(=O)NC(c2ccccc2)C(C)C)C1=O. The maximum atomic E-state index is 13.1. The lowest BCUT2D eigenvalue weighted by Crippen LogP contribution is -2.44. The Morgan fingerprint density at radius 1 is 1.07 bits per heavy atom. The number of urea groups is 1. The third-order valence-corrected chi connectivity index (χ3v) is 5.40. The number of carbonyl (C=O) groups is 3. The lowest BCUT2D eigenvalue weighted by Gasteiger charge is -2.25. The van der Waals surface area contributed by atoms with E-state index in [0.29, 0.717) is 0 Å². The van der Waals surface area contributed by atoms with Gasteiger partial charge in [-0.1, -0.05) is 68.4 Å². The number of hydrogen-bond donors (Lipinski definition) is 2. The summed E-state index contributed by atoms with van der Waals surface area (Å²) in [6.45, 7) is 7.28. The van der Waals surface area contributed by atoms with Gasteiger partial charge in [-0.25, -0.2) is 4.79 Å². The molecule has 6 heteroatoms. The Morgan fingerprint density at radius 2 is 1.69 bits per heavy atom. The van der Waals surface area contributed by atoms with Crippen molar-refractivity contribution in [2.75, 3.05) is 6.54 Å². The normalized spacial score (nSPS) is 20.0. The molecule has 1 heterocycles. The van der Waals surface area contributed by atoms with Gasteiger partial charge in [0.15, 0.2) is 0 Å². The van der Waals surface area contributed by atoms with Gasteiger partial charge in [0.2, 0.25) is 5.91 Å². The molecule has 1 fully saturated rings. The molecule has 2 atom stereocenters. The molecule has 0 bridgehead atoms. The van der Waals surface area contributed by atoms with E-state index < -0.39 is 17.5 Å². The minimum absolute atomic E-state index is 0.154. The summed E-state index contributed by atoms with van der Waals surface area (Å²) >= 11 is 0. The average Bonchev–Trinajstić information content (AvgIpc) is 2.90. The van der Waals surface area contributed by atoms with Crippen LogP contribution in [0.1, 0.15) is 43.5 Å². The first-order valence-electron chi connectivity index (χ1n) is 9.78. The summed E-state index contributed by atoms with van der Waals surface area (Å²) in [5.74, 6) is -0.639. The van der Waals surface area contributed by atoms with Gasteiger partial charge < -0.3 is 10.6 Å². The monoisotopic (exact) mass is 393 g/mol. The first-order valence-corrected chi connectivity index (χ1v) is 9.78. The number of nitrogens with zero attached hydrogens (tertiary/aromatic N) is 1. The smallest absolute Gasteiger partial charge is 0.325 e. The highest BCUT2D eigenvalue weighted by atomic mass is 16.2. The van der Waals surface area contributed by atoms with Crippen LogP contribution in [-0.2, 0) is 15.1 Å². The van der Waals surface area contributed by atoms with Gasteiger partial charge in [-0.3, -0.25) is 14.5 Å². The quantitative estimate of drug-likeness (QED) is 0.740. The second-order valence-corrected chi connectivity index (χ2v) is 7.96. The molecule has 0 radical (unpaired) electrons. The predicted molar refractivity (Wildman–Crippen MR) is 111 cm³/mol. The van der Waals surface area contributed by atoms with Crippen molar-refractivity contribution in [1.29, 1.82) is 0 Å². The van der Waals surface area contributed by atoms with E-state index in [-0.39, 0.29) is 24.4 Å². The largest absolute Gasteiger partial charge is 0.347 e. The maximum absolute atomic E-state index is 13.1. The molecule has 2 aromatic carbocycles. The van der Waals surface area contributed by atoms with Gasteiger partial charge in [0.25, 0.3) is 5.91 Å². The van der Waals surface area contributed by atoms with Crippen molar-refractivity contribution in [3.8, 4) is 0 Å². The van der Waals surface area contributed by atoms with Crippen LogP contribution in [0.3, 0.4) is 0 Å². The van der Waals surface area contributed by atoms with Crippen molar-refractivity contribution in [3.05, 3.63) is 71.3 Å². The van der Waals surface area contributed by atoms with E-state index >= 15 is 0 Å². The number of nitrogens with one attached hydrogen (secondary N) is 2. The molecule has 2 N–H and O–H groups in total. The number of rotatable bonds is 6. The number of hydrogen-bond acceptors (Lipinski definition) is 3. The van der Waals surface area contributed by atoms with Crippen molar-refractivity contribution in [1.82, 2.24) is 15.5 Å². The van der Waals surface area contributed by atoms with Crippen molar-refractivity contribution >= 4 is 17.8 Å². The van der Waals surface area contributed by atoms with Crippen LogP contribution >= 0.6 is 0 Å². The van der Waals surface area contributed by atoms with Crippen LogP contribution in [0.5, 0.6) is 0 Å². The fourth-order valence-electron chi connectivity index (χ4n) is 3.81. The highest BCUT2D eigenvalue weighted by Gasteiger charge is 2.50. The molecular formula is C23H27N3O3. The molecule has 1 aliphatic heterocycles. The number of carbonyl (C=O) groups excluding carboxylic acids is 3. The van der Waals surface area contributed by atoms with Gasteiger partial charge >= 0.3 is 6.03 Å². The van der Waals surface area contributed by atoms with Crippen LogP contribution in [0.25, 0.3) is 0 Å². The summed E-state index contributed by atoms with van der Waals surface area (Å²) in [6.07, 6.45) is 0. The van der Waals surface area contributed by atoms with Gasteiger partial charge in [0.1, 0.15) is 12.1 Å². The summed E-state index contributed by atoms with van der Waals surface area (Å²) in [7, 11) is 0. The van der Waals surface area contributed by atoms with Crippen LogP contribution in [0.2, 0.25) is 0 Å². The zero-order valence-electron chi connectivity index (χ0n) is 17.2. The summed E-state index contributed by atoms with van der Waals surface area (Å²) in [5, 5.41) is 5.72. The molecule has 4 amide bonds. The van der Waals surface area contributed by atoms with Crippen LogP contribution in [0, 0.1) is 12.8 Å². The molecule has 2 unspecified atom stereocenters. The second kappa shape index (κ2) is 8.07. The van der Waals surface area contributed by atoms with E-state index in [1.807, 2.05) is 75.4 Å². The van der Waals surface area contributed by atoms with Gasteiger partial charge in [0.05, 0.1) is 6.04 Å². The molecule has 1 saturated heterocycles. The molecule has 3 rings (SSSR count). The Labute approximate surface area is 171 Å². The molecule has 29 heavy (non-hydrogen) atoms. The predicted octanol–water partition coefficient (Wildman–Crippen LogP) is 3.28. The Morgan fingerprint density at radius 3 is 2.31 bits per heavy atom. The molecule has 0 aromatic heterocycles. The number of aryl methyl sites for hydroxylation is 1. The second-order valence-electron chi connectivity index (χ2n) is 7.96. The van der Waals surface area contributed by atoms with Crippen LogP contribution in [0.4, 0.5) is 4.79 Å². The fraction of sp³-hybridized carbons (Fsp3) is 0.348. The van der Waals surface area contributed by atoms with Gasteiger partial charge in [-0.05, 0) is 36.5 Å². The molecule has 2 aromatic rings. The van der Waals surface area contributed by atoms with E-state index in [1.54, 1.807) is 6.92 Å². The van der Waals surface area contributed by atoms with E-state index in [4.69, 9.17) is 0 Å². The number of benzene rings is 2. The average molecular weight is 393 g/mol. The van der Waals surface area contributed by atoms with E-state index in [0.717, 1.165) is 21.6 Å². The third kappa shape index (κ3) is 4.01. The molecule has 0 spiro atoms. The Balaban J connectivity index is 1.76. The Bertz CT molecular complexity index is 926. The van der Waals surface area contributed by atoms with Crippen molar-refractivity contribution in [2.45, 2.75) is 39.3 Å². The van der Waals surface area contributed by atoms with Gasteiger partial charge in [-0.2, -0.15) is 0 Å². The zero-order chi connectivity index (χ0) is 21.2. The summed E-state index contributed by atoms with van der Waals surface area (Å²) in [5.41, 5.74) is 1.43. The number of amides is 4. The molecule has 1 aliphatic rings. The maximum Gasteiger partial charge on any atom is 0.325 e. The van der Waals surface area contributed by atoms with Crippen LogP contribution < -0.4 is 10.6 Å². The Kier molecular flexibility index (Phi) is 5.73. The first kappa shape index (κ1) is 20.6. The Hall–Kier alpha value is -3.15. The minimum Gasteiger partial charge on any atom is -0.347 e. The molecule has 0 aliphatic carbocycles. The topological polar surface area (TPSA) is 78.5 Å². The third-order valence-electron chi connectivity index (χ3n) is 5.40. The van der Waals surface area contributed by atoms with E-state index in [9.17, 15) is 14.4 Å². The van der Waals surface area contributed by atoms with E-state index in [2.05, 4.69) is 10.6 Å². The van der Waals surface area contributed by atoms with Crippen LogP contribution in [0.15, 0.2) is 54.6 Å². The molecular weight excluding hydrogens is 366 g/mol. The zero-order valence-corrected chi connectivity index (χ0v) is 17.2. The summed E-state index contributed by atoms with van der Waals surface area (Å²) < 4.78 is 0. The van der Waals surface area contributed by atoms with Crippen LogP contribution in [-0.4, -0.2) is 29.3 Å². The first-order chi connectivity index (χ1) is 13.7. The highest BCUT2D eigenvalue weighted by molar-refractivity contribution is 6.09.